The Kier molecular flexibility index (Phi) is 36.9. The molecule has 0 spiro atoms. The third-order valence-corrected chi connectivity index (χ3v) is 8.67. The molecule has 0 aliphatic heterocycles. The Morgan fingerprint density at radius 1 is 0.564 bits per heavy atom. The van der Waals surface area contributed by atoms with Crippen molar-refractivity contribution in [1.29, 1.82) is 0 Å². The Hall–Kier alpha value is -3.11. The van der Waals surface area contributed by atoms with Gasteiger partial charge in [0, 0.05) is 12.8 Å². The molecule has 3 atom stereocenters. The van der Waals surface area contributed by atoms with Crippen LogP contribution in [0.25, 0.3) is 0 Å². The summed E-state index contributed by atoms with van der Waals surface area (Å²) < 4.78 is 32.5. The van der Waals surface area contributed by atoms with Gasteiger partial charge in [-0.3, -0.25) is 18.6 Å². The number of hydrogen-bond donors (Lipinski definition) is 3. The van der Waals surface area contributed by atoms with E-state index in [0.29, 0.717) is 19.3 Å². The predicted molar refractivity (Wildman–Crippen MR) is 223 cm³/mol. The van der Waals surface area contributed by atoms with Crippen molar-refractivity contribution in [3.63, 3.8) is 0 Å². The van der Waals surface area contributed by atoms with Crippen molar-refractivity contribution in [2.45, 2.75) is 142 Å². The number of unbranched alkanes of at least 4 members (excludes halogenated alkanes) is 6. The van der Waals surface area contributed by atoms with Crippen LogP contribution in [0.1, 0.15) is 129 Å². The van der Waals surface area contributed by atoms with Crippen LogP contribution >= 0.6 is 7.82 Å². The normalized spacial score (nSPS) is 14.9. The summed E-state index contributed by atoms with van der Waals surface area (Å²) in [5, 5.41) is 18.3. The summed E-state index contributed by atoms with van der Waals surface area (Å²) in [6, 6.07) is 0. The van der Waals surface area contributed by atoms with Crippen molar-refractivity contribution >= 4 is 19.8 Å². The molecule has 0 aliphatic carbocycles. The summed E-state index contributed by atoms with van der Waals surface area (Å²) in [5.41, 5.74) is 0. The van der Waals surface area contributed by atoms with Crippen LogP contribution in [0, 0.1) is 0 Å². The second kappa shape index (κ2) is 39.1. The smallest absolute Gasteiger partial charge is 0.462 e. The summed E-state index contributed by atoms with van der Waals surface area (Å²) in [4.78, 5) is 34.9. The van der Waals surface area contributed by atoms with Gasteiger partial charge < -0.3 is 24.6 Å². The maximum Gasteiger partial charge on any atom is 0.472 e. The van der Waals surface area contributed by atoms with Crippen molar-refractivity contribution < 1.29 is 47.8 Å². The van der Waals surface area contributed by atoms with Crippen LogP contribution in [-0.4, -0.2) is 65.7 Å². The molecule has 3 N–H and O–H groups in total. The molecule has 11 heteroatoms. The average molecular weight is 791 g/mol. The van der Waals surface area contributed by atoms with Gasteiger partial charge in [-0.2, -0.15) is 0 Å². The van der Waals surface area contributed by atoms with Crippen LogP contribution in [0.5, 0.6) is 0 Å². The Morgan fingerprint density at radius 2 is 1.00 bits per heavy atom. The van der Waals surface area contributed by atoms with Gasteiger partial charge in [0.2, 0.25) is 0 Å². The molecule has 0 radical (unpaired) electrons. The van der Waals surface area contributed by atoms with E-state index < -0.39 is 51.8 Å². The first-order chi connectivity index (χ1) is 26.7. The Labute approximate surface area is 332 Å². The summed E-state index contributed by atoms with van der Waals surface area (Å²) >= 11 is 0. The number of aliphatic hydroxyl groups is 2. The first kappa shape index (κ1) is 51.9. The molecule has 0 aromatic carbocycles. The van der Waals surface area contributed by atoms with Crippen LogP contribution in [0.15, 0.2) is 97.2 Å². The van der Waals surface area contributed by atoms with E-state index in [-0.39, 0.29) is 19.4 Å². The van der Waals surface area contributed by atoms with Gasteiger partial charge in [0.05, 0.1) is 19.8 Å². The minimum atomic E-state index is -4.65. The molecule has 0 amide bonds. The van der Waals surface area contributed by atoms with E-state index in [1.807, 2.05) is 6.08 Å². The van der Waals surface area contributed by atoms with Crippen LogP contribution in [0.2, 0.25) is 0 Å². The van der Waals surface area contributed by atoms with Crippen molar-refractivity contribution in [3.05, 3.63) is 97.2 Å². The number of ether oxygens (including phenoxy) is 2. The standard InChI is InChI=1S/C44H71O10P/c1-3-5-7-9-11-13-15-17-19-20-22-23-25-27-29-31-33-35-43(47)51-39-42(40-53-55(49,50)52-38-41(46)37-45)54-44(48)36-34-32-30-28-26-24-21-18-16-14-12-10-8-6-4-2/h6,8,11-14,17-19,21-23,26-29,41-42,45-46H,3-5,7,9-10,15-16,20,24-25,30-40H2,1-2H3,(H,49,50)/b8-6-,13-11-,14-12-,19-17-,21-18-,23-22-,28-26-,29-27-/t41-,42+/m0/s1. The van der Waals surface area contributed by atoms with Crippen LogP contribution in [0.4, 0.5) is 0 Å². The molecule has 0 fully saturated rings. The fourth-order valence-corrected chi connectivity index (χ4v) is 5.41. The molecule has 0 saturated heterocycles. The first-order valence-electron chi connectivity index (χ1n) is 20.2. The summed E-state index contributed by atoms with van der Waals surface area (Å²) in [6.07, 6.45) is 46.7. The molecule has 1 unspecified atom stereocenters. The molecular formula is C44H71O10P. The minimum Gasteiger partial charge on any atom is -0.462 e. The molecule has 0 saturated carbocycles. The van der Waals surface area contributed by atoms with Gasteiger partial charge in [0.25, 0.3) is 0 Å². The van der Waals surface area contributed by atoms with E-state index >= 15 is 0 Å². The van der Waals surface area contributed by atoms with Gasteiger partial charge in [-0.15, -0.1) is 0 Å². The van der Waals surface area contributed by atoms with Crippen LogP contribution in [0.3, 0.4) is 0 Å². The molecule has 312 valence electrons. The lowest BCUT2D eigenvalue weighted by molar-refractivity contribution is -0.161. The largest absolute Gasteiger partial charge is 0.472 e. The quantitative estimate of drug-likeness (QED) is 0.0242. The van der Waals surface area contributed by atoms with E-state index in [9.17, 15) is 24.2 Å². The second-order valence-electron chi connectivity index (χ2n) is 12.9. The third kappa shape index (κ3) is 38.9. The molecule has 0 bridgehead atoms. The highest BCUT2D eigenvalue weighted by Gasteiger charge is 2.27. The fourth-order valence-electron chi connectivity index (χ4n) is 4.62. The van der Waals surface area contributed by atoms with E-state index in [4.69, 9.17) is 19.1 Å². The molecule has 0 rings (SSSR count). The third-order valence-electron chi connectivity index (χ3n) is 7.72. The lowest BCUT2D eigenvalue weighted by atomic mass is 10.2. The predicted octanol–water partition coefficient (Wildman–Crippen LogP) is 10.4. The van der Waals surface area contributed by atoms with Gasteiger partial charge in [-0.1, -0.05) is 124 Å². The average Bonchev–Trinajstić information content (AvgIpc) is 3.17. The molecule has 0 aromatic heterocycles. The number of phosphoric acid groups is 1. The van der Waals surface area contributed by atoms with E-state index in [1.165, 1.54) is 19.3 Å². The number of esters is 2. The van der Waals surface area contributed by atoms with Gasteiger partial charge in [-0.05, 0) is 89.9 Å². The lowest BCUT2D eigenvalue weighted by Gasteiger charge is -2.20. The highest BCUT2D eigenvalue weighted by atomic mass is 31.2. The highest BCUT2D eigenvalue weighted by Crippen LogP contribution is 2.43. The van der Waals surface area contributed by atoms with E-state index in [0.717, 1.165) is 64.2 Å². The first-order valence-corrected chi connectivity index (χ1v) is 21.7. The molecule has 0 aromatic rings. The monoisotopic (exact) mass is 790 g/mol. The number of carbonyl (C=O) groups excluding carboxylic acids is 2. The topological polar surface area (TPSA) is 149 Å². The Balaban J connectivity index is 4.53. The van der Waals surface area contributed by atoms with Gasteiger partial charge >= 0.3 is 19.8 Å². The molecule has 0 aliphatic rings. The summed E-state index contributed by atoms with van der Waals surface area (Å²) in [6.45, 7) is 2.09. The van der Waals surface area contributed by atoms with Crippen molar-refractivity contribution in [2.24, 2.45) is 0 Å². The number of rotatable bonds is 36. The van der Waals surface area contributed by atoms with Crippen LogP contribution in [-0.2, 0) is 32.7 Å². The zero-order valence-corrected chi connectivity index (χ0v) is 34.5. The van der Waals surface area contributed by atoms with Gasteiger partial charge in [0.15, 0.2) is 6.10 Å². The number of phosphoric ester groups is 1. The van der Waals surface area contributed by atoms with Gasteiger partial charge in [-0.25, -0.2) is 4.57 Å². The number of carbonyl (C=O) groups is 2. The zero-order valence-electron chi connectivity index (χ0n) is 33.6. The van der Waals surface area contributed by atoms with Crippen molar-refractivity contribution in [2.75, 3.05) is 26.4 Å². The highest BCUT2D eigenvalue weighted by molar-refractivity contribution is 7.47. The van der Waals surface area contributed by atoms with Gasteiger partial charge in [0.1, 0.15) is 12.7 Å². The second-order valence-corrected chi connectivity index (χ2v) is 14.4. The molecule has 10 nitrogen and oxygen atoms in total. The summed E-state index contributed by atoms with van der Waals surface area (Å²) in [5.74, 6) is -1.05. The molecule has 0 heterocycles. The SMILES string of the molecule is CC/C=C\C/C=C\C/C=C\C/C=C\CCCCC(=O)O[C@H](COC(=O)CCC/C=C\C/C=C\C/C=C\C/C=C\CCCCC)COP(=O)(O)OC[C@@H](O)CO. The Morgan fingerprint density at radius 3 is 1.49 bits per heavy atom. The van der Waals surface area contributed by atoms with Crippen LogP contribution < -0.4 is 0 Å². The van der Waals surface area contributed by atoms with Crippen molar-refractivity contribution in [1.82, 2.24) is 0 Å². The zero-order chi connectivity index (χ0) is 40.5. The maximum atomic E-state index is 12.6. The Bertz CT molecular complexity index is 1230. The number of hydrogen-bond acceptors (Lipinski definition) is 9. The van der Waals surface area contributed by atoms with E-state index in [1.54, 1.807) is 0 Å². The molecule has 55 heavy (non-hydrogen) atoms. The molecular weight excluding hydrogens is 719 g/mol. The number of allylic oxidation sites excluding steroid dienone is 16. The van der Waals surface area contributed by atoms with Crippen molar-refractivity contribution in [3.8, 4) is 0 Å². The minimum absolute atomic E-state index is 0.114. The van der Waals surface area contributed by atoms with E-state index in [2.05, 4.69) is 110 Å². The summed E-state index contributed by atoms with van der Waals surface area (Å²) in [7, 11) is -4.65. The maximum absolute atomic E-state index is 12.6. The lowest BCUT2D eigenvalue weighted by Crippen LogP contribution is -2.29. The number of aliphatic hydroxyl groups excluding tert-OH is 2. The fraction of sp³-hybridized carbons (Fsp3) is 0.591.